The molecule has 1 amide bonds. The number of carbonyl (C=O) groups excluding carboxylic acids is 1. The second kappa shape index (κ2) is 5.77. The molecule has 1 aromatic heterocycles. The van der Waals surface area contributed by atoms with E-state index in [4.69, 9.17) is 4.74 Å². The Morgan fingerprint density at radius 1 is 1.35 bits per heavy atom. The SMILES string of the molecule is CC(C)(C)OC(=O)NCc1cccc(-n2cccn2)c1. The molecule has 0 aliphatic carbocycles. The number of rotatable bonds is 3. The van der Waals surface area contributed by atoms with Gasteiger partial charge in [0.1, 0.15) is 5.60 Å². The van der Waals surface area contributed by atoms with Gasteiger partial charge in [-0.15, -0.1) is 0 Å². The predicted octanol–water partition coefficient (Wildman–Crippen LogP) is 2.90. The van der Waals surface area contributed by atoms with Gasteiger partial charge in [0.25, 0.3) is 0 Å². The quantitative estimate of drug-likeness (QED) is 0.935. The number of alkyl carbamates (subject to hydrolysis) is 1. The van der Waals surface area contributed by atoms with Crippen LogP contribution < -0.4 is 5.32 Å². The summed E-state index contributed by atoms with van der Waals surface area (Å²) in [5.74, 6) is 0. The van der Waals surface area contributed by atoms with Crippen LogP contribution in [0, 0.1) is 0 Å². The third-order valence-corrected chi connectivity index (χ3v) is 2.52. The molecule has 0 bridgehead atoms. The molecule has 5 heteroatoms. The lowest BCUT2D eigenvalue weighted by atomic mass is 10.2. The van der Waals surface area contributed by atoms with E-state index in [9.17, 15) is 4.79 Å². The highest BCUT2D eigenvalue weighted by atomic mass is 16.6. The van der Waals surface area contributed by atoms with Gasteiger partial charge < -0.3 is 10.1 Å². The number of amides is 1. The van der Waals surface area contributed by atoms with Gasteiger partial charge in [0.2, 0.25) is 0 Å². The summed E-state index contributed by atoms with van der Waals surface area (Å²) in [6, 6.07) is 9.69. The van der Waals surface area contributed by atoms with Crippen molar-refractivity contribution < 1.29 is 9.53 Å². The van der Waals surface area contributed by atoms with Gasteiger partial charge in [0.05, 0.1) is 5.69 Å². The summed E-state index contributed by atoms with van der Waals surface area (Å²) in [6.45, 7) is 5.94. The van der Waals surface area contributed by atoms with Gasteiger partial charge in [-0.05, 0) is 44.5 Å². The van der Waals surface area contributed by atoms with Gasteiger partial charge in [-0.1, -0.05) is 12.1 Å². The van der Waals surface area contributed by atoms with Crippen molar-refractivity contribution in [3.8, 4) is 5.69 Å². The number of nitrogens with zero attached hydrogens (tertiary/aromatic N) is 2. The van der Waals surface area contributed by atoms with Crippen LogP contribution in [0.1, 0.15) is 26.3 Å². The van der Waals surface area contributed by atoms with Crippen LogP contribution in [0.15, 0.2) is 42.7 Å². The lowest BCUT2D eigenvalue weighted by Crippen LogP contribution is -2.32. The molecule has 2 rings (SSSR count). The van der Waals surface area contributed by atoms with Crippen molar-refractivity contribution >= 4 is 6.09 Å². The summed E-state index contributed by atoms with van der Waals surface area (Å²) in [5.41, 5.74) is 1.46. The number of ether oxygens (including phenoxy) is 1. The Bertz CT molecular complexity index is 571. The van der Waals surface area contributed by atoms with E-state index in [-0.39, 0.29) is 0 Å². The van der Waals surface area contributed by atoms with Gasteiger partial charge >= 0.3 is 6.09 Å². The highest BCUT2D eigenvalue weighted by molar-refractivity contribution is 5.67. The van der Waals surface area contributed by atoms with Gasteiger partial charge in [0.15, 0.2) is 0 Å². The van der Waals surface area contributed by atoms with Crippen LogP contribution in [0.25, 0.3) is 5.69 Å². The molecule has 0 unspecified atom stereocenters. The minimum Gasteiger partial charge on any atom is -0.444 e. The molecule has 2 aromatic rings. The Hall–Kier alpha value is -2.30. The van der Waals surface area contributed by atoms with Crippen LogP contribution in [0.2, 0.25) is 0 Å². The van der Waals surface area contributed by atoms with Crippen LogP contribution >= 0.6 is 0 Å². The maximum atomic E-state index is 11.6. The van der Waals surface area contributed by atoms with Crippen LogP contribution in [-0.2, 0) is 11.3 Å². The number of hydrogen-bond donors (Lipinski definition) is 1. The Morgan fingerprint density at radius 2 is 2.15 bits per heavy atom. The van der Waals surface area contributed by atoms with Crippen molar-refractivity contribution in [2.75, 3.05) is 0 Å². The fourth-order valence-electron chi connectivity index (χ4n) is 1.72. The van der Waals surface area contributed by atoms with Crippen molar-refractivity contribution in [2.45, 2.75) is 32.9 Å². The molecule has 20 heavy (non-hydrogen) atoms. The molecule has 0 radical (unpaired) electrons. The van der Waals surface area contributed by atoms with Crippen molar-refractivity contribution in [1.82, 2.24) is 15.1 Å². The molecule has 0 aliphatic rings. The molecular weight excluding hydrogens is 254 g/mol. The summed E-state index contributed by atoms with van der Waals surface area (Å²) in [5, 5.41) is 6.91. The first-order valence-corrected chi connectivity index (χ1v) is 6.50. The normalized spacial score (nSPS) is 11.2. The van der Waals surface area contributed by atoms with Crippen molar-refractivity contribution in [3.05, 3.63) is 48.3 Å². The maximum absolute atomic E-state index is 11.6. The molecule has 1 N–H and O–H groups in total. The van der Waals surface area contributed by atoms with E-state index in [1.165, 1.54) is 0 Å². The Kier molecular flexibility index (Phi) is 4.08. The minimum absolute atomic E-state index is 0.415. The lowest BCUT2D eigenvalue weighted by molar-refractivity contribution is 0.0523. The maximum Gasteiger partial charge on any atom is 0.407 e. The van der Waals surface area contributed by atoms with Crippen LogP contribution in [0.4, 0.5) is 4.79 Å². The second-order valence-electron chi connectivity index (χ2n) is 5.48. The molecule has 1 aromatic carbocycles. The summed E-state index contributed by atoms with van der Waals surface area (Å²) in [7, 11) is 0. The topological polar surface area (TPSA) is 56.1 Å². The average Bonchev–Trinajstić information content (AvgIpc) is 2.88. The summed E-state index contributed by atoms with van der Waals surface area (Å²) in [6.07, 6.45) is 3.19. The minimum atomic E-state index is -0.485. The Labute approximate surface area is 118 Å². The lowest BCUT2D eigenvalue weighted by Gasteiger charge is -2.19. The molecule has 0 spiro atoms. The summed E-state index contributed by atoms with van der Waals surface area (Å²) in [4.78, 5) is 11.6. The number of benzene rings is 1. The number of nitrogens with one attached hydrogen (secondary N) is 1. The number of hydrogen-bond acceptors (Lipinski definition) is 3. The first-order chi connectivity index (χ1) is 9.44. The monoisotopic (exact) mass is 273 g/mol. The highest BCUT2D eigenvalue weighted by Gasteiger charge is 2.15. The van der Waals surface area contributed by atoms with Crippen LogP contribution in [0.3, 0.4) is 0 Å². The Balaban J connectivity index is 1.97. The van der Waals surface area contributed by atoms with Crippen LogP contribution in [0.5, 0.6) is 0 Å². The van der Waals surface area contributed by atoms with E-state index in [1.54, 1.807) is 10.9 Å². The van der Waals surface area contributed by atoms with Gasteiger partial charge in [-0.2, -0.15) is 5.10 Å². The molecule has 0 atom stereocenters. The molecule has 5 nitrogen and oxygen atoms in total. The fourth-order valence-corrected chi connectivity index (χ4v) is 1.72. The molecule has 0 aliphatic heterocycles. The number of aromatic nitrogens is 2. The van der Waals surface area contributed by atoms with Gasteiger partial charge in [0, 0.05) is 18.9 Å². The molecular formula is C15H19N3O2. The first kappa shape index (κ1) is 14.1. The number of carbonyl (C=O) groups is 1. The van der Waals surface area contributed by atoms with E-state index in [1.807, 2.05) is 57.3 Å². The zero-order valence-corrected chi connectivity index (χ0v) is 12.0. The molecule has 1 heterocycles. The molecule has 0 saturated heterocycles. The van der Waals surface area contributed by atoms with Crippen molar-refractivity contribution in [3.63, 3.8) is 0 Å². The third kappa shape index (κ3) is 4.12. The first-order valence-electron chi connectivity index (χ1n) is 6.50. The second-order valence-corrected chi connectivity index (χ2v) is 5.48. The average molecular weight is 273 g/mol. The van der Waals surface area contributed by atoms with E-state index < -0.39 is 11.7 Å². The van der Waals surface area contributed by atoms with Gasteiger partial charge in [-0.3, -0.25) is 0 Å². The standard InChI is InChI=1S/C15H19N3O2/c1-15(2,3)20-14(19)16-11-12-6-4-7-13(10-12)18-9-5-8-17-18/h4-10H,11H2,1-3H3,(H,16,19). The third-order valence-electron chi connectivity index (χ3n) is 2.52. The summed E-state index contributed by atoms with van der Waals surface area (Å²) >= 11 is 0. The van der Waals surface area contributed by atoms with Crippen molar-refractivity contribution in [1.29, 1.82) is 0 Å². The molecule has 0 saturated carbocycles. The van der Waals surface area contributed by atoms with E-state index in [0.717, 1.165) is 11.3 Å². The van der Waals surface area contributed by atoms with E-state index >= 15 is 0 Å². The fraction of sp³-hybridized carbons (Fsp3) is 0.333. The summed E-state index contributed by atoms with van der Waals surface area (Å²) < 4.78 is 6.97. The largest absolute Gasteiger partial charge is 0.444 e. The highest BCUT2D eigenvalue weighted by Crippen LogP contribution is 2.10. The smallest absolute Gasteiger partial charge is 0.407 e. The van der Waals surface area contributed by atoms with Crippen molar-refractivity contribution in [2.24, 2.45) is 0 Å². The molecule has 106 valence electrons. The zero-order chi connectivity index (χ0) is 14.6. The molecule has 0 fully saturated rings. The van der Waals surface area contributed by atoms with Crippen LogP contribution in [-0.4, -0.2) is 21.5 Å². The predicted molar refractivity (Wildman–Crippen MR) is 76.6 cm³/mol. The van der Waals surface area contributed by atoms with E-state index in [0.29, 0.717) is 6.54 Å². The van der Waals surface area contributed by atoms with Gasteiger partial charge in [-0.25, -0.2) is 9.48 Å². The van der Waals surface area contributed by atoms with E-state index in [2.05, 4.69) is 10.4 Å². The zero-order valence-electron chi connectivity index (χ0n) is 12.0. The Morgan fingerprint density at radius 3 is 2.80 bits per heavy atom.